The Balaban J connectivity index is 2.85. The predicted octanol–water partition coefficient (Wildman–Crippen LogP) is 0.0629. The molecule has 0 saturated carbocycles. The van der Waals surface area contributed by atoms with Crippen LogP contribution in [0.2, 0.25) is 0 Å². The van der Waals surface area contributed by atoms with Gasteiger partial charge in [-0.3, -0.25) is 0 Å². The first-order valence-electron chi connectivity index (χ1n) is 2.38. The summed E-state index contributed by atoms with van der Waals surface area (Å²) in [6, 6.07) is 5.11. The minimum absolute atomic E-state index is 0.414. The summed E-state index contributed by atoms with van der Waals surface area (Å²) in [6.07, 6.45) is 1.56. The van der Waals surface area contributed by atoms with Gasteiger partial charge in [-0.1, -0.05) is 6.07 Å². The number of pyridine rings is 1. The Labute approximate surface area is 56.2 Å². The van der Waals surface area contributed by atoms with Crippen LogP contribution in [-0.2, 0) is 11.4 Å². The molecule has 3 nitrogen and oxygen atoms in total. The van der Waals surface area contributed by atoms with Crippen LogP contribution in [0.1, 0.15) is 0 Å². The van der Waals surface area contributed by atoms with Gasteiger partial charge in [-0.05, 0) is 6.07 Å². The maximum Gasteiger partial charge on any atom is 0.265 e. The van der Waals surface area contributed by atoms with Gasteiger partial charge in [0.1, 0.15) is 0 Å². The van der Waals surface area contributed by atoms with Crippen molar-refractivity contribution in [2.75, 3.05) is 0 Å². The molecular formula is C5H6N2OS. The Hall–Kier alpha value is -0.580. The third-order valence-electron chi connectivity index (χ3n) is 0.844. The lowest BCUT2D eigenvalue weighted by molar-refractivity contribution is 0.593. The van der Waals surface area contributed by atoms with E-state index in [1.54, 1.807) is 24.4 Å². The van der Waals surface area contributed by atoms with Crippen molar-refractivity contribution >= 4 is 11.4 Å². The lowest BCUT2D eigenvalue weighted by atomic mass is 10.5. The third kappa shape index (κ3) is 1.67. The molecule has 0 saturated heterocycles. The van der Waals surface area contributed by atoms with Crippen LogP contribution < -0.4 is 5.14 Å². The molecular weight excluding hydrogens is 136 g/mol. The van der Waals surface area contributed by atoms with E-state index in [0.29, 0.717) is 5.03 Å². The van der Waals surface area contributed by atoms with Crippen LogP contribution in [0.25, 0.3) is 0 Å². The Morgan fingerprint density at radius 1 is 1.56 bits per heavy atom. The van der Waals surface area contributed by atoms with E-state index in [4.69, 9.17) is 5.14 Å². The largest absolute Gasteiger partial charge is 0.592 e. The molecule has 0 aliphatic rings. The van der Waals surface area contributed by atoms with Crippen molar-refractivity contribution in [2.24, 2.45) is 5.14 Å². The lowest BCUT2D eigenvalue weighted by Gasteiger charge is -1.97. The van der Waals surface area contributed by atoms with Crippen LogP contribution in [-0.4, -0.2) is 9.54 Å². The average Bonchev–Trinajstić information content (AvgIpc) is 1.90. The monoisotopic (exact) mass is 142 g/mol. The standard InChI is InChI=1S/C5H6N2OS/c6-9(8)5-3-1-2-4-7-5/h1-4H,6H2. The van der Waals surface area contributed by atoms with E-state index in [0.717, 1.165) is 0 Å². The molecule has 48 valence electrons. The van der Waals surface area contributed by atoms with Crippen molar-refractivity contribution < 1.29 is 4.55 Å². The molecule has 0 radical (unpaired) electrons. The first-order chi connectivity index (χ1) is 4.30. The van der Waals surface area contributed by atoms with Crippen LogP contribution in [0, 0.1) is 0 Å². The highest BCUT2D eigenvalue weighted by Crippen LogP contribution is 1.98. The van der Waals surface area contributed by atoms with Gasteiger partial charge >= 0.3 is 0 Å². The fraction of sp³-hybridized carbons (Fsp3) is 0. The van der Waals surface area contributed by atoms with E-state index < -0.39 is 11.4 Å². The van der Waals surface area contributed by atoms with Gasteiger partial charge in [0.2, 0.25) is 0 Å². The minimum Gasteiger partial charge on any atom is -0.592 e. The Kier molecular flexibility index (Phi) is 2.05. The van der Waals surface area contributed by atoms with Gasteiger partial charge in [-0.2, -0.15) is 0 Å². The van der Waals surface area contributed by atoms with Gasteiger partial charge in [0.05, 0.1) is 11.4 Å². The number of nitrogens with two attached hydrogens (primary N) is 1. The van der Waals surface area contributed by atoms with E-state index in [2.05, 4.69) is 4.98 Å². The van der Waals surface area contributed by atoms with Crippen molar-refractivity contribution in [3.8, 4) is 0 Å². The molecule has 1 aromatic rings. The summed E-state index contributed by atoms with van der Waals surface area (Å²) in [6.45, 7) is 0. The second kappa shape index (κ2) is 2.82. The summed E-state index contributed by atoms with van der Waals surface area (Å²) < 4.78 is 10.5. The highest BCUT2D eigenvalue weighted by molar-refractivity contribution is 7.89. The molecule has 2 N–H and O–H groups in total. The SMILES string of the molecule is N[S+]([O-])c1ccccn1. The molecule has 0 spiro atoms. The molecule has 9 heavy (non-hydrogen) atoms. The van der Waals surface area contributed by atoms with E-state index in [-0.39, 0.29) is 0 Å². The second-order valence-corrected chi connectivity index (χ2v) is 2.48. The molecule has 0 fully saturated rings. The van der Waals surface area contributed by atoms with E-state index in [1.165, 1.54) is 0 Å². The predicted molar refractivity (Wildman–Crippen MR) is 34.8 cm³/mol. The highest BCUT2D eigenvalue weighted by atomic mass is 32.2. The molecule has 4 heteroatoms. The fourth-order valence-electron chi connectivity index (χ4n) is 0.466. The summed E-state index contributed by atoms with van der Waals surface area (Å²) in [5, 5.41) is 5.44. The Morgan fingerprint density at radius 2 is 2.33 bits per heavy atom. The molecule has 1 atom stereocenters. The van der Waals surface area contributed by atoms with E-state index in [9.17, 15) is 4.55 Å². The quantitative estimate of drug-likeness (QED) is 0.564. The summed E-state index contributed by atoms with van der Waals surface area (Å²) in [4.78, 5) is 3.75. The number of aromatic nitrogens is 1. The minimum atomic E-state index is -1.44. The number of hydrogen-bond acceptors (Lipinski definition) is 3. The average molecular weight is 142 g/mol. The zero-order chi connectivity index (χ0) is 6.69. The molecule has 0 aliphatic carbocycles. The summed E-state index contributed by atoms with van der Waals surface area (Å²) in [7, 11) is 0. The third-order valence-corrected chi connectivity index (χ3v) is 1.50. The number of hydrogen-bond donors (Lipinski definition) is 1. The number of rotatable bonds is 1. The van der Waals surface area contributed by atoms with Gasteiger partial charge in [0, 0.05) is 12.3 Å². The molecule has 1 rings (SSSR count). The summed E-state index contributed by atoms with van der Waals surface area (Å²) in [5.41, 5.74) is 0. The molecule has 1 aromatic heterocycles. The molecule has 1 unspecified atom stereocenters. The number of nitrogens with zero attached hydrogens (tertiary/aromatic N) is 1. The van der Waals surface area contributed by atoms with Crippen LogP contribution in [0.3, 0.4) is 0 Å². The van der Waals surface area contributed by atoms with Crippen LogP contribution in [0.4, 0.5) is 0 Å². The van der Waals surface area contributed by atoms with E-state index >= 15 is 0 Å². The fourth-order valence-corrected chi connectivity index (χ4v) is 0.844. The van der Waals surface area contributed by atoms with Gasteiger partial charge in [-0.15, -0.1) is 5.14 Å². The summed E-state index contributed by atoms with van der Waals surface area (Å²) >= 11 is -1.44. The van der Waals surface area contributed by atoms with Gasteiger partial charge < -0.3 is 4.55 Å². The van der Waals surface area contributed by atoms with E-state index in [1.807, 2.05) is 0 Å². The maximum atomic E-state index is 10.5. The van der Waals surface area contributed by atoms with Crippen molar-refractivity contribution in [1.82, 2.24) is 4.98 Å². The zero-order valence-corrected chi connectivity index (χ0v) is 5.47. The highest BCUT2D eigenvalue weighted by Gasteiger charge is 2.02. The van der Waals surface area contributed by atoms with Crippen LogP contribution >= 0.6 is 0 Å². The zero-order valence-electron chi connectivity index (χ0n) is 4.65. The molecule has 1 heterocycles. The smallest absolute Gasteiger partial charge is 0.265 e. The maximum absolute atomic E-state index is 10.5. The van der Waals surface area contributed by atoms with Crippen LogP contribution in [0.5, 0.6) is 0 Å². The molecule has 0 aromatic carbocycles. The van der Waals surface area contributed by atoms with Crippen molar-refractivity contribution in [2.45, 2.75) is 5.03 Å². The molecule has 0 aliphatic heterocycles. The van der Waals surface area contributed by atoms with Gasteiger partial charge in [0.15, 0.2) is 0 Å². The topological polar surface area (TPSA) is 62.0 Å². The molecule has 0 bridgehead atoms. The summed E-state index contributed by atoms with van der Waals surface area (Å²) in [5.74, 6) is 0. The van der Waals surface area contributed by atoms with Gasteiger partial charge in [-0.25, -0.2) is 4.98 Å². The van der Waals surface area contributed by atoms with Crippen molar-refractivity contribution in [3.05, 3.63) is 24.4 Å². The second-order valence-electron chi connectivity index (χ2n) is 1.47. The first-order valence-corrected chi connectivity index (χ1v) is 3.59. The van der Waals surface area contributed by atoms with Crippen LogP contribution in [0.15, 0.2) is 29.4 Å². The normalized spacial score (nSPS) is 13.1. The Bertz CT molecular complexity index is 178. The van der Waals surface area contributed by atoms with Crippen molar-refractivity contribution in [1.29, 1.82) is 0 Å². The Morgan fingerprint density at radius 3 is 2.67 bits per heavy atom. The van der Waals surface area contributed by atoms with Gasteiger partial charge in [0.25, 0.3) is 5.03 Å². The first kappa shape index (κ1) is 6.54. The lowest BCUT2D eigenvalue weighted by Crippen LogP contribution is -2.13. The molecule has 0 amide bonds. The van der Waals surface area contributed by atoms with Crippen molar-refractivity contribution in [3.63, 3.8) is 0 Å².